The van der Waals surface area contributed by atoms with Crippen LogP contribution in [0.15, 0.2) is 88.2 Å². The van der Waals surface area contributed by atoms with Gasteiger partial charge in [0.1, 0.15) is 5.60 Å². The number of anilines is 1. The lowest BCUT2D eigenvalue weighted by Gasteiger charge is -2.31. The van der Waals surface area contributed by atoms with Crippen molar-refractivity contribution < 1.29 is 14.3 Å². The Hall–Kier alpha value is -2.77. The Morgan fingerprint density at radius 3 is 2.30 bits per heavy atom. The Kier molecular flexibility index (Phi) is 6.54. The van der Waals surface area contributed by atoms with Gasteiger partial charge in [-0.25, -0.2) is 4.79 Å². The van der Waals surface area contributed by atoms with Gasteiger partial charge in [-0.1, -0.05) is 76.2 Å². The van der Waals surface area contributed by atoms with E-state index in [9.17, 15) is 9.59 Å². The number of para-hydroxylation sites is 1. The van der Waals surface area contributed by atoms with Gasteiger partial charge in [-0.3, -0.25) is 10.1 Å². The van der Waals surface area contributed by atoms with Gasteiger partial charge in [0.15, 0.2) is 0 Å². The van der Waals surface area contributed by atoms with Crippen LogP contribution in [0.5, 0.6) is 0 Å². The van der Waals surface area contributed by atoms with Crippen molar-refractivity contribution in [1.82, 2.24) is 5.32 Å². The van der Waals surface area contributed by atoms with Crippen molar-refractivity contribution in [2.45, 2.75) is 42.7 Å². The second-order valence-electron chi connectivity index (χ2n) is 8.76. The number of carbonyl (C=O) groups excluding carboxylic acids is 2. The molecule has 0 spiro atoms. The molecule has 0 aliphatic carbocycles. The van der Waals surface area contributed by atoms with Crippen molar-refractivity contribution in [3.63, 3.8) is 0 Å². The molecule has 5 nitrogen and oxygen atoms in total. The second-order valence-corrected chi connectivity index (χ2v) is 11.0. The highest BCUT2D eigenvalue weighted by Crippen LogP contribution is 2.50. The number of halogens is 1. The van der Waals surface area contributed by atoms with E-state index in [0.717, 1.165) is 26.2 Å². The lowest BCUT2D eigenvalue weighted by Crippen LogP contribution is -2.51. The Labute approximate surface area is 206 Å². The number of amides is 2. The van der Waals surface area contributed by atoms with E-state index in [2.05, 4.69) is 21.2 Å². The van der Waals surface area contributed by atoms with Crippen LogP contribution in [0.3, 0.4) is 0 Å². The van der Waals surface area contributed by atoms with Crippen LogP contribution in [0, 0.1) is 0 Å². The minimum Gasteiger partial charge on any atom is -0.444 e. The molecule has 170 valence electrons. The lowest BCUT2D eigenvalue weighted by molar-refractivity contribution is -0.121. The highest BCUT2D eigenvalue weighted by Gasteiger charge is 2.53. The van der Waals surface area contributed by atoms with Gasteiger partial charge >= 0.3 is 6.09 Å². The number of hydrogen-bond donors (Lipinski definition) is 1. The third-order valence-electron chi connectivity index (χ3n) is 5.07. The molecule has 0 radical (unpaired) electrons. The number of fused-ring (bicyclic) bond motifs is 1. The number of rotatable bonds is 5. The number of carbonyl (C=O) groups is 2. The van der Waals surface area contributed by atoms with E-state index in [1.54, 1.807) is 25.7 Å². The molecule has 0 saturated heterocycles. The normalized spacial score (nSPS) is 17.6. The summed E-state index contributed by atoms with van der Waals surface area (Å²) in [6, 6.07) is 25.1. The van der Waals surface area contributed by atoms with Crippen LogP contribution in [0.2, 0.25) is 0 Å². The number of ether oxygens (including phenoxy) is 1. The maximum Gasteiger partial charge on any atom is 0.409 e. The average Bonchev–Trinajstić information content (AvgIpc) is 2.98. The van der Waals surface area contributed by atoms with Crippen LogP contribution in [0.4, 0.5) is 10.5 Å². The summed E-state index contributed by atoms with van der Waals surface area (Å²) in [7, 11) is 0. The topological polar surface area (TPSA) is 58.6 Å². The van der Waals surface area contributed by atoms with E-state index in [1.807, 2.05) is 78.9 Å². The standard InChI is InChI=1S/C26H25BrN2O3S/c1-25(2,3)32-24(31)28-26(33-20-15-13-19(27)14-16-20)21-11-7-8-12-22(21)29(23(26)30)17-18-9-5-4-6-10-18/h4-16H,17H2,1-3H3,(H,28,31)/t26-/m1/s1. The Balaban J connectivity index is 1.79. The fourth-order valence-corrected chi connectivity index (χ4v) is 5.22. The van der Waals surface area contributed by atoms with E-state index >= 15 is 0 Å². The largest absolute Gasteiger partial charge is 0.444 e. The third kappa shape index (κ3) is 5.09. The molecule has 33 heavy (non-hydrogen) atoms. The molecule has 1 N–H and O–H groups in total. The van der Waals surface area contributed by atoms with Crippen LogP contribution >= 0.6 is 27.7 Å². The summed E-state index contributed by atoms with van der Waals surface area (Å²) < 4.78 is 6.49. The fraction of sp³-hybridized carbons (Fsp3) is 0.231. The highest BCUT2D eigenvalue weighted by molar-refractivity contribution is 9.10. The predicted octanol–water partition coefficient (Wildman–Crippen LogP) is 6.47. The smallest absolute Gasteiger partial charge is 0.409 e. The molecule has 0 bridgehead atoms. The first-order valence-electron chi connectivity index (χ1n) is 10.6. The van der Waals surface area contributed by atoms with Gasteiger partial charge in [0.2, 0.25) is 4.87 Å². The molecule has 4 rings (SSSR count). The summed E-state index contributed by atoms with van der Waals surface area (Å²) in [5.74, 6) is -0.216. The molecule has 0 saturated carbocycles. The lowest BCUT2D eigenvalue weighted by atomic mass is 10.1. The molecule has 3 aromatic carbocycles. The van der Waals surface area contributed by atoms with Crippen molar-refractivity contribution in [2.24, 2.45) is 0 Å². The molecular formula is C26H25BrN2O3S. The van der Waals surface area contributed by atoms with E-state index in [-0.39, 0.29) is 5.91 Å². The summed E-state index contributed by atoms with van der Waals surface area (Å²) in [5, 5.41) is 2.93. The van der Waals surface area contributed by atoms with E-state index < -0.39 is 16.6 Å². The zero-order chi connectivity index (χ0) is 23.6. The van der Waals surface area contributed by atoms with Crippen LogP contribution in [-0.4, -0.2) is 17.6 Å². The monoisotopic (exact) mass is 524 g/mol. The van der Waals surface area contributed by atoms with Crippen molar-refractivity contribution in [3.8, 4) is 0 Å². The number of nitrogens with zero attached hydrogens (tertiary/aromatic N) is 1. The molecule has 1 heterocycles. The first-order chi connectivity index (χ1) is 15.7. The quantitative estimate of drug-likeness (QED) is 0.388. The predicted molar refractivity (Wildman–Crippen MR) is 135 cm³/mol. The molecule has 2 amide bonds. The zero-order valence-corrected chi connectivity index (χ0v) is 21.1. The molecule has 0 fully saturated rings. The third-order valence-corrected chi connectivity index (χ3v) is 6.90. The maximum atomic E-state index is 14.1. The first kappa shape index (κ1) is 23.4. The molecule has 0 unspecified atom stereocenters. The van der Waals surface area contributed by atoms with Gasteiger partial charge in [0.05, 0.1) is 12.2 Å². The minimum atomic E-state index is -1.36. The Morgan fingerprint density at radius 2 is 1.64 bits per heavy atom. The highest BCUT2D eigenvalue weighted by atomic mass is 79.9. The molecule has 1 aliphatic heterocycles. The van der Waals surface area contributed by atoms with Gasteiger partial charge < -0.3 is 9.64 Å². The molecular weight excluding hydrogens is 500 g/mol. The van der Waals surface area contributed by atoms with Gasteiger partial charge in [0, 0.05) is 14.9 Å². The van der Waals surface area contributed by atoms with Crippen LogP contribution in [-0.2, 0) is 20.9 Å². The molecule has 1 atom stereocenters. The molecule has 7 heteroatoms. The van der Waals surface area contributed by atoms with Gasteiger partial charge in [-0.15, -0.1) is 0 Å². The van der Waals surface area contributed by atoms with Crippen molar-refractivity contribution in [3.05, 3.63) is 94.5 Å². The van der Waals surface area contributed by atoms with E-state index in [4.69, 9.17) is 4.74 Å². The van der Waals surface area contributed by atoms with Gasteiger partial charge in [0.25, 0.3) is 5.91 Å². The molecule has 3 aromatic rings. The summed E-state index contributed by atoms with van der Waals surface area (Å²) >= 11 is 4.76. The summed E-state index contributed by atoms with van der Waals surface area (Å²) in [5.41, 5.74) is 1.80. The van der Waals surface area contributed by atoms with Gasteiger partial charge in [-0.05, 0) is 56.7 Å². The summed E-state index contributed by atoms with van der Waals surface area (Å²) in [4.78, 5) is 28.3. The Bertz CT molecular complexity index is 1160. The van der Waals surface area contributed by atoms with Crippen LogP contribution in [0.25, 0.3) is 0 Å². The van der Waals surface area contributed by atoms with Crippen molar-refractivity contribution in [2.75, 3.05) is 4.90 Å². The first-order valence-corrected chi connectivity index (χ1v) is 12.2. The molecule has 1 aliphatic rings. The summed E-state index contributed by atoms with van der Waals surface area (Å²) in [6.45, 7) is 5.79. The number of nitrogens with one attached hydrogen (secondary N) is 1. The Morgan fingerprint density at radius 1 is 1.00 bits per heavy atom. The van der Waals surface area contributed by atoms with Crippen molar-refractivity contribution >= 4 is 45.4 Å². The summed E-state index contributed by atoms with van der Waals surface area (Å²) in [6.07, 6.45) is -0.642. The van der Waals surface area contributed by atoms with E-state index in [1.165, 1.54) is 11.8 Å². The van der Waals surface area contributed by atoms with Crippen molar-refractivity contribution in [1.29, 1.82) is 0 Å². The number of alkyl carbamates (subject to hydrolysis) is 1. The van der Waals surface area contributed by atoms with Gasteiger partial charge in [-0.2, -0.15) is 0 Å². The minimum absolute atomic E-state index is 0.216. The van der Waals surface area contributed by atoms with Crippen LogP contribution < -0.4 is 10.2 Å². The number of thioether (sulfide) groups is 1. The SMILES string of the molecule is CC(C)(C)OC(=O)N[C@]1(Sc2ccc(Br)cc2)C(=O)N(Cc2ccccc2)c2ccccc21. The van der Waals surface area contributed by atoms with Crippen LogP contribution in [0.1, 0.15) is 31.9 Å². The fourth-order valence-electron chi connectivity index (χ4n) is 3.72. The zero-order valence-electron chi connectivity index (χ0n) is 18.7. The molecule has 0 aromatic heterocycles. The maximum absolute atomic E-state index is 14.1. The van der Waals surface area contributed by atoms with E-state index in [0.29, 0.717) is 6.54 Å². The average molecular weight is 525 g/mol. The number of hydrogen-bond acceptors (Lipinski definition) is 4. The number of benzene rings is 3. The second kappa shape index (κ2) is 9.23.